The van der Waals surface area contributed by atoms with Crippen LogP contribution in [0, 0.1) is 0 Å². The Bertz CT molecular complexity index is 1330. The van der Waals surface area contributed by atoms with Crippen LogP contribution in [0.4, 0.5) is 0 Å². The minimum absolute atomic E-state index is 0.0188. The Kier molecular flexibility index (Phi) is 73.3. The van der Waals surface area contributed by atoms with E-state index < -0.39 is 12.1 Å². The lowest BCUT2D eigenvalue weighted by Crippen LogP contribution is -2.45. The van der Waals surface area contributed by atoms with Crippen molar-refractivity contribution < 1.29 is 24.5 Å². The number of rotatable bonds is 74. The van der Waals surface area contributed by atoms with Gasteiger partial charge in [0.2, 0.25) is 5.91 Å². The molecule has 0 bridgehead atoms. The number of aliphatic hydroxyl groups excluding tert-OH is 2. The van der Waals surface area contributed by atoms with Crippen molar-refractivity contribution in [3.8, 4) is 0 Å². The van der Waals surface area contributed by atoms with Gasteiger partial charge in [-0.25, -0.2) is 0 Å². The zero-order valence-electron chi connectivity index (χ0n) is 57.9. The third-order valence-electron chi connectivity index (χ3n) is 18.5. The normalized spacial score (nSPS) is 12.6. The van der Waals surface area contributed by atoms with E-state index in [4.69, 9.17) is 4.74 Å². The highest BCUT2D eigenvalue weighted by Crippen LogP contribution is 2.20. The first-order chi connectivity index (χ1) is 42.0. The second-order valence-corrected chi connectivity index (χ2v) is 27.0. The van der Waals surface area contributed by atoms with Gasteiger partial charge in [0.25, 0.3) is 0 Å². The summed E-state index contributed by atoms with van der Waals surface area (Å²) in [6.07, 6.45) is 95.5. The van der Waals surface area contributed by atoms with Crippen molar-refractivity contribution >= 4 is 11.9 Å². The lowest BCUT2D eigenvalue weighted by Gasteiger charge is -2.22. The van der Waals surface area contributed by atoms with Crippen LogP contribution >= 0.6 is 0 Å². The molecule has 0 radical (unpaired) electrons. The molecule has 2 unspecified atom stereocenters. The fourth-order valence-corrected chi connectivity index (χ4v) is 12.6. The second kappa shape index (κ2) is 74.8. The Hall–Kier alpha value is -1.66. The smallest absolute Gasteiger partial charge is 0.305 e. The predicted octanol–water partition coefficient (Wildman–Crippen LogP) is 25.7. The molecule has 0 aliphatic rings. The Balaban J connectivity index is 3.30. The molecule has 85 heavy (non-hydrogen) atoms. The molecular formula is C79H153NO5. The van der Waals surface area contributed by atoms with Gasteiger partial charge in [-0.2, -0.15) is 0 Å². The number of hydrogen-bond donors (Lipinski definition) is 3. The number of carbonyl (C=O) groups is 2. The van der Waals surface area contributed by atoms with E-state index in [1.165, 1.54) is 366 Å². The molecule has 0 aliphatic heterocycles. The van der Waals surface area contributed by atoms with Crippen LogP contribution in [0.2, 0.25) is 0 Å². The lowest BCUT2D eigenvalue weighted by molar-refractivity contribution is -0.143. The van der Waals surface area contributed by atoms with Crippen LogP contribution in [-0.2, 0) is 14.3 Å². The third-order valence-corrected chi connectivity index (χ3v) is 18.5. The number of aliphatic hydroxyl groups is 2. The molecule has 2 atom stereocenters. The molecule has 504 valence electrons. The molecule has 0 aromatic rings. The number of amides is 1. The first-order valence-corrected chi connectivity index (χ1v) is 39.1. The van der Waals surface area contributed by atoms with E-state index in [9.17, 15) is 19.8 Å². The molecule has 0 fully saturated rings. The van der Waals surface area contributed by atoms with E-state index in [0.717, 1.165) is 44.9 Å². The van der Waals surface area contributed by atoms with Gasteiger partial charge in [0.1, 0.15) is 0 Å². The van der Waals surface area contributed by atoms with Crippen molar-refractivity contribution in [3.05, 3.63) is 24.3 Å². The summed E-state index contributed by atoms with van der Waals surface area (Å²) in [4.78, 5) is 24.7. The molecule has 1 amide bonds. The van der Waals surface area contributed by atoms with Gasteiger partial charge in [-0.05, 0) is 57.8 Å². The highest BCUT2D eigenvalue weighted by atomic mass is 16.5. The van der Waals surface area contributed by atoms with Crippen LogP contribution in [0.15, 0.2) is 24.3 Å². The van der Waals surface area contributed by atoms with Crippen molar-refractivity contribution in [2.24, 2.45) is 0 Å². The molecule has 6 nitrogen and oxygen atoms in total. The zero-order valence-corrected chi connectivity index (χ0v) is 57.9. The molecular weight excluding hydrogens is 1040 g/mol. The Morgan fingerprint density at radius 1 is 0.329 bits per heavy atom. The van der Waals surface area contributed by atoms with Gasteiger partial charge in [-0.1, -0.05) is 398 Å². The average Bonchev–Trinajstić information content (AvgIpc) is 3.51. The van der Waals surface area contributed by atoms with Gasteiger partial charge >= 0.3 is 5.97 Å². The van der Waals surface area contributed by atoms with Crippen LogP contribution in [0.1, 0.15) is 444 Å². The fourth-order valence-electron chi connectivity index (χ4n) is 12.6. The van der Waals surface area contributed by atoms with Crippen molar-refractivity contribution in [2.75, 3.05) is 13.2 Å². The van der Waals surface area contributed by atoms with Gasteiger partial charge in [0.15, 0.2) is 0 Å². The number of esters is 1. The summed E-state index contributed by atoms with van der Waals surface area (Å²) in [5.41, 5.74) is 0. The molecule has 0 saturated heterocycles. The summed E-state index contributed by atoms with van der Waals surface area (Å²) in [6.45, 7) is 4.97. The number of hydrogen-bond acceptors (Lipinski definition) is 5. The van der Waals surface area contributed by atoms with E-state index in [1.807, 2.05) is 0 Å². The molecule has 0 aliphatic carbocycles. The minimum atomic E-state index is -0.661. The van der Waals surface area contributed by atoms with Gasteiger partial charge in [0, 0.05) is 12.8 Å². The maximum absolute atomic E-state index is 12.5. The van der Waals surface area contributed by atoms with E-state index in [-0.39, 0.29) is 18.5 Å². The molecule has 0 aromatic carbocycles. The summed E-state index contributed by atoms with van der Waals surface area (Å²) in [5, 5.41) is 23.4. The van der Waals surface area contributed by atoms with Gasteiger partial charge in [-0.3, -0.25) is 9.59 Å². The van der Waals surface area contributed by atoms with Crippen LogP contribution in [0.25, 0.3) is 0 Å². The van der Waals surface area contributed by atoms with Crippen molar-refractivity contribution in [3.63, 3.8) is 0 Å². The largest absolute Gasteiger partial charge is 0.466 e. The SMILES string of the molecule is CCCCC/C=C\C/C=C\CCCCCCCCCCCC(=O)OCCCCCCCCCCCCCCCCCCCCCCCCCCCCCCCCCCCC(=O)NC(CO)C(O)CCCCCCCCCCCCCCCCCC. The molecule has 3 N–H and O–H groups in total. The maximum Gasteiger partial charge on any atom is 0.305 e. The van der Waals surface area contributed by atoms with Crippen LogP contribution in [0.3, 0.4) is 0 Å². The molecule has 0 rings (SSSR count). The molecule has 6 heteroatoms. The lowest BCUT2D eigenvalue weighted by atomic mass is 10.0. The van der Waals surface area contributed by atoms with Crippen LogP contribution < -0.4 is 5.32 Å². The highest BCUT2D eigenvalue weighted by Gasteiger charge is 2.20. The summed E-state index contributed by atoms with van der Waals surface area (Å²) < 4.78 is 5.52. The topological polar surface area (TPSA) is 95.9 Å². The Morgan fingerprint density at radius 3 is 0.918 bits per heavy atom. The van der Waals surface area contributed by atoms with E-state index >= 15 is 0 Å². The van der Waals surface area contributed by atoms with Gasteiger partial charge < -0.3 is 20.3 Å². The number of nitrogens with one attached hydrogen (secondary N) is 1. The molecule has 0 saturated carbocycles. The summed E-state index contributed by atoms with van der Waals surface area (Å²) in [7, 11) is 0. The number of ether oxygens (including phenoxy) is 1. The quantitative estimate of drug-likeness (QED) is 0.0320. The maximum atomic E-state index is 12.5. The van der Waals surface area contributed by atoms with E-state index in [1.54, 1.807) is 0 Å². The standard InChI is InChI=1S/C79H153NO5/c1-3-5-7-9-11-13-15-17-19-21-37-41-45-49-53-57-61-65-69-73-79(84)85-74-70-66-62-58-54-50-46-42-39-36-34-32-30-28-26-24-22-23-25-27-29-31-33-35-38-40-44-48-52-56-60-64-68-72-78(83)80-76(75-81)77(82)71-67-63-59-55-51-47-43-20-18-16-14-12-10-8-6-4-2/h11,13,17,19,76-77,81-82H,3-10,12,14-16,18,20-75H2,1-2H3,(H,80,83)/b13-11-,19-17-. The van der Waals surface area contributed by atoms with E-state index in [0.29, 0.717) is 25.9 Å². The summed E-state index contributed by atoms with van der Waals surface area (Å²) in [5.74, 6) is -0.00737. The first-order valence-electron chi connectivity index (χ1n) is 39.1. The average molecular weight is 1200 g/mol. The zero-order chi connectivity index (χ0) is 61.3. The summed E-state index contributed by atoms with van der Waals surface area (Å²) >= 11 is 0. The Labute approximate surface area is 532 Å². The molecule has 0 spiro atoms. The second-order valence-electron chi connectivity index (χ2n) is 27.0. The first kappa shape index (κ1) is 83.3. The number of allylic oxidation sites excluding steroid dienone is 4. The summed E-state index contributed by atoms with van der Waals surface area (Å²) in [6, 6.07) is -0.537. The van der Waals surface area contributed by atoms with Crippen molar-refractivity contribution in [2.45, 2.75) is 456 Å². The monoisotopic (exact) mass is 1200 g/mol. The van der Waals surface area contributed by atoms with Crippen molar-refractivity contribution in [1.82, 2.24) is 5.32 Å². The Morgan fingerprint density at radius 2 is 0.588 bits per heavy atom. The third kappa shape index (κ3) is 71.3. The fraction of sp³-hybridized carbons (Fsp3) is 0.924. The number of unbranched alkanes of at least 4 members (excludes halogenated alkanes) is 59. The highest BCUT2D eigenvalue weighted by molar-refractivity contribution is 5.76. The predicted molar refractivity (Wildman–Crippen MR) is 375 cm³/mol. The molecule has 0 heterocycles. The number of carbonyl (C=O) groups excluding carboxylic acids is 2. The van der Waals surface area contributed by atoms with E-state index in [2.05, 4.69) is 43.5 Å². The van der Waals surface area contributed by atoms with Gasteiger partial charge in [-0.15, -0.1) is 0 Å². The minimum Gasteiger partial charge on any atom is -0.466 e. The van der Waals surface area contributed by atoms with Crippen molar-refractivity contribution in [1.29, 1.82) is 0 Å². The van der Waals surface area contributed by atoms with Crippen LogP contribution in [0.5, 0.6) is 0 Å². The molecule has 0 aromatic heterocycles. The van der Waals surface area contributed by atoms with Crippen LogP contribution in [-0.4, -0.2) is 47.4 Å². The van der Waals surface area contributed by atoms with Gasteiger partial charge in [0.05, 0.1) is 25.4 Å².